The fourth-order valence-corrected chi connectivity index (χ4v) is 2.26. The van der Waals surface area contributed by atoms with Gasteiger partial charge in [0.15, 0.2) is 0 Å². The van der Waals surface area contributed by atoms with Crippen LogP contribution in [-0.2, 0) is 16.0 Å². The number of methoxy groups -OCH3 is 1. The quantitative estimate of drug-likeness (QED) is 0.705. The predicted molar refractivity (Wildman–Crippen MR) is 59.2 cm³/mol. The maximum atomic E-state index is 11.4. The molecule has 0 aliphatic heterocycles. The number of thiophene rings is 1. The van der Waals surface area contributed by atoms with E-state index in [1.807, 2.05) is 12.1 Å². The van der Waals surface area contributed by atoms with E-state index in [2.05, 4.69) is 0 Å². The molecule has 0 radical (unpaired) electrons. The van der Waals surface area contributed by atoms with Crippen molar-refractivity contribution in [3.63, 3.8) is 0 Å². The van der Waals surface area contributed by atoms with Crippen LogP contribution in [0.5, 0.6) is 0 Å². The Labute approximate surface area is 92.8 Å². The van der Waals surface area contributed by atoms with Crippen molar-refractivity contribution in [1.82, 2.24) is 0 Å². The second-order valence-corrected chi connectivity index (χ2v) is 4.82. The van der Waals surface area contributed by atoms with Gasteiger partial charge in [0.2, 0.25) is 0 Å². The molecule has 4 heteroatoms. The van der Waals surface area contributed by atoms with E-state index in [1.165, 1.54) is 11.3 Å². The highest BCUT2D eigenvalue weighted by Crippen LogP contribution is 2.22. The fourth-order valence-electron chi connectivity index (χ4n) is 1.14. The third kappa shape index (κ3) is 4.22. The van der Waals surface area contributed by atoms with Crippen LogP contribution in [0.4, 0.5) is 0 Å². The molecule has 0 unspecified atom stereocenters. The van der Waals surface area contributed by atoms with Crippen molar-refractivity contribution in [3.05, 3.63) is 21.3 Å². The summed E-state index contributed by atoms with van der Waals surface area (Å²) in [6.45, 7) is 0.650. The Kier molecular flexibility index (Phi) is 5.15. The number of rotatable bonds is 6. The first kappa shape index (κ1) is 11.7. The summed E-state index contributed by atoms with van der Waals surface area (Å²) in [6.07, 6.45) is 1.89. The maximum Gasteiger partial charge on any atom is 0.138 e. The van der Waals surface area contributed by atoms with Crippen molar-refractivity contribution in [2.75, 3.05) is 13.7 Å². The van der Waals surface area contributed by atoms with E-state index in [1.54, 1.807) is 7.11 Å². The monoisotopic (exact) mass is 232 g/mol. The summed E-state index contributed by atoms with van der Waals surface area (Å²) < 4.78 is 5.62. The van der Waals surface area contributed by atoms with E-state index in [0.29, 0.717) is 19.4 Å². The molecular weight excluding hydrogens is 220 g/mol. The van der Waals surface area contributed by atoms with Crippen molar-refractivity contribution in [2.24, 2.45) is 0 Å². The largest absolute Gasteiger partial charge is 0.385 e. The summed E-state index contributed by atoms with van der Waals surface area (Å²) >= 11 is 7.23. The molecule has 1 rings (SSSR count). The lowest BCUT2D eigenvalue weighted by Gasteiger charge is -1.98. The number of halogens is 1. The minimum Gasteiger partial charge on any atom is -0.385 e. The van der Waals surface area contributed by atoms with E-state index >= 15 is 0 Å². The van der Waals surface area contributed by atoms with Gasteiger partial charge in [0.1, 0.15) is 5.78 Å². The number of Topliss-reactive ketones (excluding diaryl/α,β-unsaturated/α-hetero) is 1. The molecule has 1 heterocycles. The molecule has 1 aromatic heterocycles. The Bertz CT molecular complexity index is 296. The van der Waals surface area contributed by atoms with Gasteiger partial charge < -0.3 is 4.74 Å². The van der Waals surface area contributed by atoms with Crippen molar-refractivity contribution in [1.29, 1.82) is 0 Å². The summed E-state index contributed by atoms with van der Waals surface area (Å²) in [5.74, 6) is 0.251. The van der Waals surface area contributed by atoms with Crippen molar-refractivity contribution >= 4 is 28.7 Å². The highest BCUT2D eigenvalue weighted by molar-refractivity contribution is 7.16. The molecule has 0 aliphatic carbocycles. The first-order valence-electron chi connectivity index (χ1n) is 4.47. The Morgan fingerprint density at radius 1 is 1.57 bits per heavy atom. The molecule has 0 fully saturated rings. The van der Waals surface area contributed by atoms with Crippen LogP contribution in [-0.4, -0.2) is 19.5 Å². The molecule has 0 bridgehead atoms. The molecule has 2 nitrogen and oxygen atoms in total. The minimum absolute atomic E-state index is 0.251. The van der Waals surface area contributed by atoms with Crippen molar-refractivity contribution in [3.8, 4) is 0 Å². The third-order valence-electron chi connectivity index (χ3n) is 1.80. The number of ketones is 1. The van der Waals surface area contributed by atoms with Gasteiger partial charge in [0.25, 0.3) is 0 Å². The topological polar surface area (TPSA) is 26.3 Å². The van der Waals surface area contributed by atoms with Crippen LogP contribution in [0.15, 0.2) is 12.1 Å². The van der Waals surface area contributed by atoms with Gasteiger partial charge in [0, 0.05) is 31.4 Å². The number of hydrogen-bond donors (Lipinski definition) is 0. The lowest BCUT2D eigenvalue weighted by molar-refractivity contribution is -0.118. The Balaban J connectivity index is 2.27. The fraction of sp³-hybridized carbons (Fsp3) is 0.500. The Hall–Kier alpha value is -0.380. The van der Waals surface area contributed by atoms with Crippen LogP contribution in [0.2, 0.25) is 4.34 Å². The lowest BCUT2D eigenvalue weighted by Crippen LogP contribution is -2.02. The predicted octanol–water partition coefficient (Wildman–Crippen LogP) is 2.94. The first-order chi connectivity index (χ1) is 6.72. The molecule has 0 aromatic carbocycles. The van der Waals surface area contributed by atoms with E-state index in [0.717, 1.165) is 15.6 Å². The van der Waals surface area contributed by atoms with E-state index < -0.39 is 0 Å². The van der Waals surface area contributed by atoms with Gasteiger partial charge >= 0.3 is 0 Å². The van der Waals surface area contributed by atoms with Gasteiger partial charge in [-0.25, -0.2) is 0 Å². The van der Waals surface area contributed by atoms with E-state index in [-0.39, 0.29) is 5.78 Å². The van der Waals surface area contributed by atoms with Gasteiger partial charge in [0.05, 0.1) is 4.34 Å². The third-order valence-corrected chi connectivity index (χ3v) is 3.04. The minimum atomic E-state index is 0.251. The number of ether oxygens (including phenoxy) is 1. The SMILES string of the molecule is COCCCC(=O)Cc1ccc(Cl)s1. The summed E-state index contributed by atoms with van der Waals surface area (Å²) in [6, 6.07) is 3.73. The smallest absolute Gasteiger partial charge is 0.138 e. The lowest BCUT2D eigenvalue weighted by atomic mass is 10.1. The zero-order valence-corrected chi connectivity index (χ0v) is 9.66. The highest BCUT2D eigenvalue weighted by atomic mass is 35.5. The molecule has 0 amide bonds. The Morgan fingerprint density at radius 3 is 2.93 bits per heavy atom. The molecule has 1 aromatic rings. The average molecular weight is 233 g/mol. The van der Waals surface area contributed by atoms with Gasteiger partial charge in [-0.15, -0.1) is 11.3 Å². The number of carbonyl (C=O) groups excluding carboxylic acids is 1. The standard InChI is InChI=1S/C10H13ClO2S/c1-13-6-2-3-8(12)7-9-4-5-10(11)14-9/h4-5H,2-3,6-7H2,1H3. The second kappa shape index (κ2) is 6.17. The number of carbonyl (C=O) groups is 1. The molecule has 0 N–H and O–H groups in total. The van der Waals surface area contributed by atoms with Gasteiger partial charge in [-0.1, -0.05) is 11.6 Å². The number of hydrogen-bond acceptors (Lipinski definition) is 3. The first-order valence-corrected chi connectivity index (χ1v) is 5.66. The molecule has 0 aliphatic rings. The van der Waals surface area contributed by atoms with Crippen molar-refractivity contribution < 1.29 is 9.53 Å². The van der Waals surface area contributed by atoms with Crippen LogP contribution < -0.4 is 0 Å². The highest BCUT2D eigenvalue weighted by Gasteiger charge is 2.05. The Morgan fingerprint density at radius 2 is 2.36 bits per heavy atom. The zero-order chi connectivity index (χ0) is 10.4. The van der Waals surface area contributed by atoms with Gasteiger partial charge in [-0.2, -0.15) is 0 Å². The van der Waals surface area contributed by atoms with Crippen LogP contribution in [0.1, 0.15) is 17.7 Å². The molecule has 0 saturated carbocycles. The summed E-state index contributed by atoms with van der Waals surface area (Å²) in [5, 5.41) is 0. The summed E-state index contributed by atoms with van der Waals surface area (Å²) in [7, 11) is 1.64. The van der Waals surface area contributed by atoms with Gasteiger partial charge in [-0.3, -0.25) is 4.79 Å². The van der Waals surface area contributed by atoms with Crippen LogP contribution in [0, 0.1) is 0 Å². The second-order valence-electron chi connectivity index (χ2n) is 3.02. The maximum absolute atomic E-state index is 11.4. The average Bonchev–Trinajstić information content (AvgIpc) is 2.52. The van der Waals surface area contributed by atoms with E-state index in [4.69, 9.17) is 16.3 Å². The summed E-state index contributed by atoms with van der Waals surface area (Å²) in [5.41, 5.74) is 0. The molecule has 0 saturated heterocycles. The molecule has 78 valence electrons. The van der Waals surface area contributed by atoms with Crippen molar-refractivity contribution in [2.45, 2.75) is 19.3 Å². The molecule has 0 spiro atoms. The van der Waals surface area contributed by atoms with Crippen LogP contribution in [0.3, 0.4) is 0 Å². The molecule has 0 atom stereocenters. The summed E-state index contributed by atoms with van der Waals surface area (Å²) in [4.78, 5) is 12.4. The normalized spacial score (nSPS) is 10.4. The van der Waals surface area contributed by atoms with Crippen LogP contribution in [0.25, 0.3) is 0 Å². The molecule has 14 heavy (non-hydrogen) atoms. The van der Waals surface area contributed by atoms with Crippen LogP contribution >= 0.6 is 22.9 Å². The van der Waals surface area contributed by atoms with E-state index in [9.17, 15) is 4.79 Å². The molecular formula is C10H13ClO2S. The zero-order valence-electron chi connectivity index (χ0n) is 8.09. The van der Waals surface area contributed by atoms with Gasteiger partial charge in [-0.05, 0) is 18.6 Å².